The lowest BCUT2D eigenvalue weighted by Crippen LogP contribution is -2.45. The highest BCUT2D eigenvalue weighted by molar-refractivity contribution is 6.37. The van der Waals surface area contributed by atoms with Crippen molar-refractivity contribution in [3.63, 3.8) is 0 Å². The number of benzene rings is 1. The first-order valence-corrected chi connectivity index (χ1v) is 12.1. The van der Waals surface area contributed by atoms with E-state index >= 15 is 0 Å². The number of aryl methyl sites for hydroxylation is 1. The number of nitrogens with one attached hydrogen (secondary N) is 3. The van der Waals surface area contributed by atoms with Gasteiger partial charge in [-0.1, -0.05) is 32.4 Å². The summed E-state index contributed by atoms with van der Waals surface area (Å²) >= 11 is 6.69. The standard InChI is InChI=1S/C25H31ClN8O/c1-15-12-16-17(27-15)6-7-18(23(16)26)35-22-14-20(28-21-13-19(31-32-21)25(2,3)4)29-24(30-22)34-10-8-33(5)9-11-34/h6-7,12-14,27H,8-11H2,1-5H3,(H2,28,29,30,31,32). The first-order chi connectivity index (χ1) is 16.7. The fourth-order valence-electron chi connectivity index (χ4n) is 4.06. The smallest absolute Gasteiger partial charge is 0.230 e. The Labute approximate surface area is 209 Å². The first-order valence-electron chi connectivity index (χ1n) is 11.8. The van der Waals surface area contributed by atoms with E-state index in [9.17, 15) is 0 Å². The van der Waals surface area contributed by atoms with E-state index in [0.29, 0.717) is 34.2 Å². The molecule has 0 bridgehead atoms. The maximum absolute atomic E-state index is 6.69. The summed E-state index contributed by atoms with van der Waals surface area (Å²) in [6, 6.07) is 9.60. The minimum absolute atomic E-state index is 0.0379. The number of anilines is 3. The average molecular weight is 495 g/mol. The van der Waals surface area contributed by atoms with Crippen LogP contribution in [0.15, 0.2) is 30.3 Å². The SMILES string of the molecule is Cc1cc2c(Cl)c(Oc3cc(Nc4cc(C(C)(C)C)[nH]n4)nc(N4CCN(C)CC4)n3)ccc2[nH]1. The quantitative estimate of drug-likeness (QED) is 0.349. The second-order valence-electron chi connectivity index (χ2n) is 10.1. The lowest BCUT2D eigenvalue weighted by Gasteiger charge is -2.32. The molecule has 0 amide bonds. The molecule has 0 atom stereocenters. The van der Waals surface area contributed by atoms with E-state index in [1.54, 1.807) is 6.07 Å². The largest absolute Gasteiger partial charge is 0.437 e. The topological polar surface area (TPSA) is 98.0 Å². The van der Waals surface area contributed by atoms with Gasteiger partial charge in [0, 0.05) is 66.0 Å². The Morgan fingerprint density at radius 1 is 1.03 bits per heavy atom. The zero-order valence-corrected chi connectivity index (χ0v) is 21.5. The average Bonchev–Trinajstić information content (AvgIpc) is 3.43. The minimum atomic E-state index is -0.0379. The Balaban J connectivity index is 1.48. The molecule has 35 heavy (non-hydrogen) atoms. The van der Waals surface area contributed by atoms with Gasteiger partial charge in [-0.05, 0) is 32.2 Å². The normalized spacial score (nSPS) is 15.1. The molecule has 3 aromatic heterocycles. The van der Waals surface area contributed by atoms with Crippen molar-refractivity contribution in [2.45, 2.75) is 33.1 Å². The number of aromatic nitrogens is 5. The van der Waals surface area contributed by atoms with Crippen molar-refractivity contribution >= 4 is 40.1 Å². The van der Waals surface area contributed by atoms with E-state index in [4.69, 9.17) is 26.3 Å². The van der Waals surface area contributed by atoms with Crippen LogP contribution in [0.2, 0.25) is 5.02 Å². The molecular formula is C25H31ClN8O. The molecule has 1 aromatic carbocycles. The highest BCUT2D eigenvalue weighted by atomic mass is 35.5. The van der Waals surface area contributed by atoms with Crippen molar-refractivity contribution in [2.24, 2.45) is 0 Å². The number of nitrogens with zero attached hydrogens (tertiary/aromatic N) is 5. The van der Waals surface area contributed by atoms with Crippen LogP contribution >= 0.6 is 11.6 Å². The number of halogens is 1. The van der Waals surface area contributed by atoms with Gasteiger partial charge in [0.25, 0.3) is 0 Å². The molecule has 4 aromatic rings. The molecule has 5 rings (SSSR count). The molecule has 0 saturated carbocycles. The zero-order chi connectivity index (χ0) is 24.7. The Kier molecular flexibility index (Phi) is 6.06. The van der Waals surface area contributed by atoms with Crippen molar-refractivity contribution in [1.82, 2.24) is 30.0 Å². The number of likely N-dealkylation sites (N-methyl/N-ethyl adjacent to an activating group) is 1. The van der Waals surface area contributed by atoms with Crippen molar-refractivity contribution in [3.05, 3.63) is 46.7 Å². The summed E-state index contributed by atoms with van der Waals surface area (Å²) in [7, 11) is 2.12. The van der Waals surface area contributed by atoms with Crippen LogP contribution in [-0.4, -0.2) is 63.3 Å². The monoisotopic (exact) mass is 494 g/mol. The summed E-state index contributed by atoms with van der Waals surface area (Å²) in [6.07, 6.45) is 0. The van der Waals surface area contributed by atoms with E-state index in [-0.39, 0.29) is 5.41 Å². The number of H-pyrrole nitrogens is 2. The molecule has 9 nitrogen and oxygen atoms in total. The molecule has 0 unspecified atom stereocenters. The van der Waals surface area contributed by atoms with Crippen molar-refractivity contribution in [2.75, 3.05) is 43.4 Å². The van der Waals surface area contributed by atoms with Gasteiger partial charge < -0.3 is 24.8 Å². The third kappa shape index (κ3) is 5.06. The fraction of sp³-hybridized carbons (Fsp3) is 0.400. The third-order valence-electron chi connectivity index (χ3n) is 6.17. The summed E-state index contributed by atoms with van der Waals surface area (Å²) in [5, 5.41) is 12.3. The van der Waals surface area contributed by atoms with Crippen LogP contribution in [-0.2, 0) is 5.41 Å². The van der Waals surface area contributed by atoms with Crippen LogP contribution in [0.4, 0.5) is 17.6 Å². The number of ether oxygens (including phenoxy) is 1. The predicted octanol–water partition coefficient (Wildman–Crippen LogP) is 5.23. The van der Waals surface area contributed by atoms with Crippen LogP contribution in [0.5, 0.6) is 11.6 Å². The van der Waals surface area contributed by atoms with E-state index in [0.717, 1.165) is 48.5 Å². The van der Waals surface area contributed by atoms with Gasteiger partial charge in [-0.2, -0.15) is 15.1 Å². The number of hydrogen-bond acceptors (Lipinski definition) is 7. The molecule has 1 aliphatic heterocycles. The van der Waals surface area contributed by atoms with Crippen LogP contribution in [0, 0.1) is 6.92 Å². The number of rotatable bonds is 5. The molecule has 0 aliphatic carbocycles. The highest BCUT2D eigenvalue weighted by Crippen LogP contribution is 2.36. The molecule has 4 heterocycles. The van der Waals surface area contributed by atoms with Gasteiger partial charge in [-0.25, -0.2) is 0 Å². The van der Waals surface area contributed by atoms with E-state index in [2.05, 4.69) is 58.1 Å². The summed E-state index contributed by atoms with van der Waals surface area (Å²) in [6.45, 7) is 12.0. The van der Waals surface area contributed by atoms with E-state index in [1.165, 1.54) is 0 Å². The van der Waals surface area contributed by atoms with E-state index < -0.39 is 0 Å². The molecule has 3 N–H and O–H groups in total. The molecule has 0 spiro atoms. The van der Waals surface area contributed by atoms with Gasteiger partial charge in [0.15, 0.2) is 5.82 Å². The Morgan fingerprint density at radius 2 is 1.80 bits per heavy atom. The van der Waals surface area contributed by atoms with Crippen molar-refractivity contribution in [3.8, 4) is 11.6 Å². The van der Waals surface area contributed by atoms with Gasteiger partial charge in [-0.3, -0.25) is 5.10 Å². The Bertz CT molecular complexity index is 1350. The summed E-state index contributed by atoms with van der Waals surface area (Å²) in [5.41, 5.74) is 3.01. The summed E-state index contributed by atoms with van der Waals surface area (Å²) in [5.74, 6) is 2.86. The highest BCUT2D eigenvalue weighted by Gasteiger charge is 2.21. The minimum Gasteiger partial charge on any atom is -0.437 e. The van der Waals surface area contributed by atoms with Gasteiger partial charge in [-0.15, -0.1) is 0 Å². The zero-order valence-electron chi connectivity index (χ0n) is 20.7. The molecule has 10 heteroatoms. The van der Waals surface area contributed by atoms with Crippen LogP contribution in [0.25, 0.3) is 10.9 Å². The lowest BCUT2D eigenvalue weighted by molar-refractivity contribution is 0.310. The maximum Gasteiger partial charge on any atom is 0.230 e. The van der Waals surface area contributed by atoms with Gasteiger partial charge >= 0.3 is 0 Å². The van der Waals surface area contributed by atoms with Gasteiger partial charge in [0.05, 0.1) is 5.02 Å². The van der Waals surface area contributed by atoms with Crippen molar-refractivity contribution in [1.29, 1.82) is 0 Å². The summed E-state index contributed by atoms with van der Waals surface area (Å²) < 4.78 is 6.21. The Hall–Kier alpha value is -3.30. The van der Waals surface area contributed by atoms with Crippen LogP contribution < -0.4 is 15.0 Å². The first kappa shape index (κ1) is 23.4. The summed E-state index contributed by atoms with van der Waals surface area (Å²) in [4.78, 5) is 17.3. The number of piperazine rings is 1. The Morgan fingerprint density at radius 3 is 2.51 bits per heavy atom. The van der Waals surface area contributed by atoms with Gasteiger partial charge in [0.2, 0.25) is 11.8 Å². The second-order valence-corrected chi connectivity index (χ2v) is 10.5. The van der Waals surface area contributed by atoms with Crippen LogP contribution in [0.1, 0.15) is 32.2 Å². The second kappa shape index (κ2) is 9.05. The number of aromatic amines is 2. The molecule has 1 aliphatic rings. The molecule has 184 valence electrons. The molecule has 1 saturated heterocycles. The molecule has 0 radical (unpaired) electrons. The molecular weight excluding hydrogens is 464 g/mol. The molecule has 1 fully saturated rings. The van der Waals surface area contributed by atoms with E-state index in [1.807, 2.05) is 31.2 Å². The number of hydrogen-bond donors (Lipinski definition) is 3. The lowest BCUT2D eigenvalue weighted by atomic mass is 9.92. The van der Waals surface area contributed by atoms with Crippen molar-refractivity contribution < 1.29 is 4.74 Å². The van der Waals surface area contributed by atoms with Gasteiger partial charge in [0.1, 0.15) is 11.6 Å². The number of fused-ring (bicyclic) bond motifs is 1. The predicted molar refractivity (Wildman–Crippen MR) is 140 cm³/mol. The third-order valence-corrected chi connectivity index (χ3v) is 6.56. The maximum atomic E-state index is 6.69. The fourth-order valence-corrected chi connectivity index (χ4v) is 4.32. The van der Waals surface area contributed by atoms with Crippen LogP contribution in [0.3, 0.4) is 0 Å².